The molecular formula is C12H10ClN3O3. The first-order chi connectivity index (χ1) is 8.97. The lowest BCUT2D eigenvalue weighted by Gasteiger charge is -2.08. The fraction of sp³-hybridized carbons (Fsp3) is 0.0833. The van der Waals surface area contributed by atoms with Gasteiger partial charge in [0.1, 0.15) is 11.6 Å². The van der Waals surface area contributed by atoms with Crippen LogP contribution in [0.5, 0.6) is 11.6 Å². The van der Waals surface area contributed by atoms with Crippen LogP contribution in [0, 0.1) is 17.0 Å². The Balaban J connectivity index is 2.42. The van der Waals surface area contributed by atoms with E-state index in [1.54, 1.807) is 25.1 Å². The maximum absolute atomic E-state index is 10.9. The quantitative estimate of drug-likeness (QED) is 0.687. The van der Waals surface area contributed by atoms with Gasteiger partial charge in [-0.25, -0.2) is 0 Å². The van der Waals surface area contributed by atoms with Crippen molar-refractivity contribution in [2.24, 2.45) is 0 Å². The van der Waals surface area contributed by atoms with E-state index in [1.165, 1.54) is 12.1 Å². The average molecular weight is 280 g/mol. The lowest BCUT2D eigenvalue weighted by Crippen LogP contribution is -1.99. The number of ether oxygens (including phenoxy) is 1. The summed E-state index contributed by atoms with van der Waals surface area (Å²) in [6.45, 7) is 1.78. The highest BCUT2D eigenvalue weighted by Gasteiger charge is 2.18. The minimum Gasteiger partial charge on any atom is -0.433 e. The minimum atomic E-state index is -0.576. The fourth-order valence-electron chi connectivity index (χ4n) is 1.49. The van der Waals surface area contributed by atoms with E-state index >= 15 is 0 Å². The standard InChI is InChI=1S/C12H10ClN3O3/c1-7-6-8(13)2-4-10(7)19-12-9(16(17)18)3-5-11(14)15-12/h2-6H,1H3,(H2,14,15). The van der Waals surface area contributed by atoms with Gasteiger partial charge >= 0.3 is 11.6 Å². The van der Waals surface area contributed by atoms with Gasteiger partial charge in [0.05, 0.1) is 4.92 Å². The molecule has 0 amide bonds. The van der Waals surface area contributed by atoms with Crippen molar-refractivity contribution in [2.75, 3.05) is 5.73 Å². The first kappa shape index (κ1) is 13.1. The van der Waals surface area contributed by atoms with Gasteiger partial charge in [-0.1, -0.05) is 11.6 Å². The Morgan fingerprint density at radius 3 is 2.74 bits per heavy atom. The minimum absolute atomic E-state index is 0.143. The second-order valence-corrected chi connectivity index (χ2v) is 4.27. The molecule has 0 saturated heterocycles. The lowest BCUT2D eigenvalue weighted by molar-refractivity contribution is -0.386. The number of anilines is 1. The maximum atomic E-state index is 10.9. The molecule has 7 heteroatoms. The molecule has 0 aliphatic heterocycles. The van der Waals surface area contributed by atoms with Crippen LogP contribution < -0.4 is 10.5 Å². The summed E-state index contributed by atoms with van der Waals surface area (Å²) in [4.78, 5) is 14.1. The van der Waals surface area contributed by atoms with Crippen molar-refractivity contribution in [1.82, 2.24) is 4.98 Å². The van der Waals surface area contributed by atoms with E-state index < -0.39 is 4.92 Å². The van der Waals surface area contributed by atoms with Crippen LogP contribution in [0.15, 0.2) is 30.3 Å². The van der Waals surface area contributed by atoms with Gasteiger partial charge in [0, 0.05) is 11.1 Å². The van der Waals surface area contributed by atoms with Crippen LogP contribution in [-0.4, -0.2) is 9.91 Å². The van der Waals surface area contributed by atoms with E-state index in [9.17, 15) is 10.1 Å². The summed E-state index contributed by atoms with van der Waals surface area (Å²) in [5.74, 6) is 0.438. The van der Waals surface area contributed by atoms with E-state index in [4.69, 9.17) is 22.1 Å². The third-order valence-corrected chi connectivity index (χ3v) is 2.64. The Morgan fingerprint density at radius 1 is 1.37 bits per heavy atom. The summed E-state index contributed by atoms with van der Waals surface area (Å²) in [7, 11) is 0. The van der Waals surface area contributed by atoms with Gasteiger partial charge in [-0.15, -0.1) is 0 Å². The van der Waals surface area contributed by atoms with Gasteiger partial charge in [-0.3, -0.25) is 10.1 Å². The summed E-state index contributed by atoms with van der Waals surface area (Å²) in [5, 5.41) is 11.4. The zero-order valence-electron chi connectivity index (χ0n) is 9.96. The molecule has 1 heterocycles. The zero-order chi connectivity index (χ0) is 14.0. The summed E-state index contributed by atoms with van der Waals surface area (Å²) < 4.78 is 5.45. The van der Waals surface area contributed by atoms with Gasteiger partial charge < -0.3 is 10.5 Å². The highest BCUT2D eigenvalue weighted by molar-refractivity contribution is 6.30. The van der Waals surface area contributed by atoms with Crippen LogP contribution >= 0.6 is 11.6 Å². The van der Waals surface area contributed by atoms with E-state index in [1.807, 2.05) is 0 Å². The molecule has 0 aliphatic carbocycles. The first-order valence-electron chi connectivity index (χ1n) is 5.32. The number of hydrogen-bond donors (Lipinski definition) is 1. The van der Waals surface area contributed by atoms with Gasteiger partial charge in [-0.2, -0.15) is 4.98 Å². The highest BCUT2D eigenvalue weighted by atomic mass is 35.5. The second-order valence-electron chi connectivity index (χ2n) is 3.83. The van der Waals surface area contributed by atoms with Crippen LogP contribution in [0.2, 0.25) is 5.02 Å². The predicted octanol–water partition coefficient (Wildman–Crippen LogP) is 3.33. The molecule has 1 aromatic carbocycles. The first-order valence-corrected chi connectivity index (χ1v) is 5.70. The number of nitrogens with zero attached hydrogens (tertiary/aromatic N) is 2. The smallest absolute Gasteiger partial charge is 0.331 e. The van der Waals surface area contributed by atoms with Crippen molar-refractivity contribution < 1.29 is 9.66 Å². The molecule has 0 unspecified atom stereocenters. The molecule has 2 aromatic rings. The Labute approximate surface area is 113 Å². The number of hydrogen-bond acceptors (Lipinski definition) is 5. The van der Waals surface area contributed by atoms with Gasteiger partial charge in [0.25, 0.3) is 0 Å². The normalized spacial score (nSPS) is 10.2. The highest BCUT2D eigenvalue weighted by Crippen LogP contribution is 2.32. The molecule has 0 aliphatic rings. The van der Waals surface area contributed by atoms with Crippen LogP contribution in [0.1, 0.15) is 5.56 Å². The lowest BCUT2D eigenvalue weighted by atomic mass is 10.2. The Kier molecular flexibility index (Phi) is 3.52. The van der Waals surface area contributed by atoms with Crippen molar-refractivity contribution >= 4 is 23.1 Å². The van der Waals surface area contributed by atoms with Crippen molar-refractivity contribution in [3.05, 3.63) is 51.0 Å². The molecule has 1 aromatic heterocycles. The number of nitrogens with two attached hydrogens (primary N) is 1. The molecule has 0 fully saturated rings. The SMILES string of the molecule is Cc1cc(Cl)ccc1Oc1nc(N)ccc1[N+](=O)[O-]. The van der Waals surface area contributed by atoms with Crippen LogP contribution in [0.4, 0.5) is 11.5 Å². The monoisotopic (exact) mass is 279 g/mol. The number of aryl methyl sites for hydroxylation is 1. The summed E-state index contributed by atoms with van der Waals surface area (Å²) in [5.41, 5.74) is 6.00. The second kappa shape index (κ2) is 5.11. The summed E-state index contributed by atoms with van der Waals surface area (Å²) in [6, 6.07) is 7.53. The fourth-order valence-corrected chi connectivity index (χ4v) is 1.72. The summed E-state index contributed by atoms with van der Waals surface area (Å²) >= 11 is 5.83. The Morgan fingerprint density at radius 2 is 2.11 bits per heavy atom. The van der Waals surface area contributed by atoms with Crippen molar-refractivity contribution in [3.8, 4) is 11.6 Å². The van der Waals surface area contributed by atoms with Crippen molar-refractivity contribution in [3.63, 3.8) is 0 Å². The third kappa shape index (κ3) is 2.92. The predicted molar refractivity (Wildman–Crippen MR) is 71.6 cm³/mol. The Bertz CT molecular complexity index is 646. The largest absolute Gasteiger partial charge is 0.433 e. The van der Waals surface area contributed by atoms with E-state index in [0.717, 1.165) is 5.56 Å². The molecule has 0 atom stereocenters. The number of nitro groups is 1. The number of halogens is 1. The van der Waals surface area contributed by atoms with Gasteiger partial charge in [-0.05, 0) is 36.8 Å². The van der Waals surface area contributed by atoms with E-state index in [0.29, 0.717) is 10.8 Å². The summed E-state index contributed by atoms with van der Waals surface area (Å²) in [6.07, 6.45) is 0. The van der Waals surface area contributed by atoms with E-state index in [2.05, 4.69) is 4.98 Å². The maximum Gasteiger partial charge on any atom is 0.331 e. The molecule has 0 radical (unpaired) electrons. The number of nitrogen functional groups attached to an aromatic ring is 1. The topological polar surface area (TPSA) is 91.3 Å². The zero-order valence-corrected chi connectivity index (χ0v) is 10.7. The molecule has 6 nitrogen and oxygen atoms in total. The number of benzene rings is 1. The van der Waals surface area contributed by atoms with Crippen LogP contribution in [0.25, 0.3) is 0 Å². The molecule has 98 valence electrons. The van der Waals surface area contributed by atoms with Crippen molar-refractivity contribution in [2.45, 2.75) is 6.92 Å². The number of aromatic nitrogens is 1. The molecule has 2 N–H and O–H groups in total. The molecule has 19 heavy (non-hydrogen) atoms. The molecule has 2 rings (SSSR count). The average Bonchev–Trinajstić information content (AvgIpc) is 2.32. The van der Waals surface area contributed by atoms with Crippen LogP contribution in [0.3, 0.4) is 0 Å². The molecule has 0 spiro atoms. The van der Waals surface area contributed by atoms with Gasteiger partial charge in [0.15, 0.2) is 0 Å². The van der Waals surface area contributed by atoms with Gasteiger partial charge in [0.2, 0.25) is 0 Å². The Hall–Kier alpha value is -2.34. The third-order valence-electron chi connectivity index (χ3n) is 2.40. The van der Waals surface area contributed by atoms with Crippen molar-refractivity contribution in [1.29, 1.82) is 0 Å². The molecule has 0 saturated carbocycles. The van der Waals surface area contributed by atoms with E-state index in [-0.39, 0.29) is 17.4 Å². The van der Waals surface area contributed by atoms with Crippen LogP contribution in [-0.2, 0) is 0 Å². The number of rotatable bonds is 3. The molecular weight excluding hydrogens is 270 g/mol. The number of pyridine rings is 1. The molecule has 0 bridgehead atoms.